The van der Waals surface area contributed by atoms with Gasteiger partial charge in [-0.15, -0.1) is 0 Å². The van der Waals surface area contributed by atoms with Crippen molar-refractivity contribution in [1.82, 2.24) is 15.5 Å². The molecule has 0 radical (unpaired) electrons. The van der Waals surface area contributed by atoms with Crippen molar-refractivity contribution in [3.63, 3.8) is 0 Å². The minimum Gasteiger partial charge on any atom is -0.381 e. The molecular formula is C17H32N4O3. The van der Waals surface area contributed by atoms with Crippen LogP contribution in [-0.4, -0.2) is 75.9 Å². The number of nitrogens with zero attached hydrogens (tertiary/aromatic N) is 2. The van der Waals surface area contributed by atoms with Gasteiger partial charge in [-0.25, -0.2) is 4.99 Å². The quantitative estimate of drug-likeness (QED) is 0.365. The second-order valence-corrected chi connectivity index (χ2v) is 6.37. The predicted octanol–water partition coefficient (Wildman–Crippen LogP) is 0.607. The Morgan fingerprint density at radius 2 is 2.17 bits per heavy atom. The smallest absolute Gasteiger partial charge is 0.244 e. The monoisotopic (exact) mass is 340 g/mol. The van der Waals surface area contributed by atoms with Crippen LogP contribution in [0.25, 0.3) is 0 Å². The number of guanidine groups is 1. The van der Waals surface area contributed by atoms with Crippen LogP contribution in [0.15, 0.2) is 4.99 Å². The van der Waals surface area contributed by atoms with Gasteiger partial charge < -0.3 is 25.0 Å². The van der Waals surface area contributed by atoms with Crippen molar-refractivity contribution in [2.24, 2.45) is 10.9 Å². The number of likely N-dealkylation sites (tertiary alicyclic amines) is 1. The van der Waals surface area contributed by atoms with Crippen molar-refractivity contribution in [3.05, 3.63) is 0 Å². The van der Waals surface area contributed by atoms with Crippen LogP contribution >= 0.6 is 0 Å². The lowest BCUT2D eigenvalue weighted by Gasteiger charge is -2.15. The Morgan fingerprint density at radius 1 is 1.33 bits per heavy atom. The van der Waals surface area contributed by atoms with Crippen LogP contribution in [0.4, 0.5) is 0 Å². The molecule has 1 amide bonds. The summed E-state index contributed by atoms with van der Waals surface area (Å²) in [7, 11) is 0. The maximum absolute atomic E-state index is 12.0. The molecule has 1 atom stereocenters. The van der Waals surface area contributed by atoms with Gasteiger partial charge in [-0.1, -0.05) is 0 Å². The van der Waals surface area contributed by atoms with Gasteiger partial charge in [0.1, 0.15) is 6.54 Å². The lowest BCUT2D eigenvalue weighted by atomic mass is 10.1. The molecule has 2 aliphatic heterocycles. The first-order valence-electron chi connectivity index (χ1n) is 9.25. The topological polar surface area (TPSA) is 75.2 Å². The van der Waals surface area contributed by atoms with E-state index >= 15 is 0 Å². The highest BCUT2D eigenvalue weighted by Gasteiger charge is 2.17. The van der Waals surface area contributed by atoms with Crippen molar-refractivity contribution in [2.75, 3.05) is 59.2 Å². The molecule has 24 heavy (non-hydrogen) atoms. The van der Waals surface area contributed by atoms with Crippen molar-refractivity contribution < 1.29 is 14.3 Å². The van der Waals surface area contributed by atoms with Gasteiger partial charge in [0.25, 0.3) is 0 Å². The van der Waals surface area contributed by atoms with Crippen molar-refractivity contribution in [3.8, 4) is 0 Å². The maximum Gasteiger partial charge on any atom is 0.244 e. The number of hydrogen-bond donors (Lipinski definition) is 2. The van der Waals surface area contributed by atoms with Crippen molar-refractivity contribution in [2.45, 2.75) is 32.6 Å². The van der Waals surface area contributed by atoms with Crippen molar-refractivity contribution >= 4 is 11.9 Å². The van der Waals surface area contributed by atoms with Crippen LogP contribution in [0.3, 0.4) is 0 Å². The fourth-order valence-corrected chi connectivity index (χ4v) is 2.90. The third-order valence-corrected chi connectivity index (χ3v) is 4.31. The molecule has 138 valence electrons. The van der Waals surface area contributed by atoms with Gasteiger partial charge in [-0.3, -0.25) is 4.79 Å². The van der Waals surface area contributed by atoms with E-state index in [0.29, 0.717) is 11.9 Å². The number of carbonyl (C=O) groups excluding carboxylic acids is 1. The van der Waals surface area contributed by atoms with Crippen LogP contribution in [-0.2, 0) is 14.3 Å². The van der Waals surface area contributed by atoms with Crippen LogP contribution in [0.1, 0.15) is 32.6 Å². The van der Waals surface area contributed by atoms with Gasteiger partial charge in [0.2, 0.25) is 5.91 Å². The van der Waals surface area contributed by atoms with Gasteiger partial charge in [0.15, 0.2) is 5.96 Å². The minimum absolute atomic E-state index is 0.117. The number of amides is 1. The molecule has 0 bridgehead atoms. The molecule has 0 aromatic rings. The molecule has 2 fully saturated rings. The summed E-state index contributed by atoms with van der Waals surface area (Å²) < 4.78 is 11.0. The molecule has 2 N–H and O–H groups in total. The summed E-state index contributed by atoms with van der Waals surface area (Å²) in [5.41, 5.74) is 0. The van der Waals surface area contributed by atoms with Crippen LogP contribution in [0.5, 0.6) is 0 Å². The largest absolute Gasteiger partial charge is 0.381 e. The molecule has 0 aromatic heterocycles. The molecule has 7 heteroatoms. The SMILES string of the molecule is CCNC(=NCC(=O)N1CCCC1)NCCCOCC1CCOC1. The summed E-state index contributed by atoms with van der Waals surface area (Å²) in [5, 5.41) is 6.43. The van der Waals surface area contributed by atoms with Crippen LogP contribution in [0, 0.1) is 5.92 Å². The predicted molar refractivity (Wildman–Crippen MR) is 94.2 cm³/mol. The third-order valence-electron chi connectivity index (χ3n) is 4.31. The molecule has 2 saturated heterocycles. The number of rotatable bonds is 9. The number of carbonyl (C=O) groups is 1. The lowest BCUT2D eigenvalue weighted by Crippen LogP contribution is -2.39. The minimum atomic E-state index is 0.117. The average molecular weight is 340 g/mol. The number of ether oxygens (including phenoxy) is 2. The Kier molecular flexibility index (Phi) is 8.91. The molecule has 1 unspecified atom stereocenters. The highest BCUT2D eigenvalue weighted by molar-refractivity contribution is 5.85. The van der Waals surface area contributed by atoms with E-state index in [4.69, 9.17) is 9.47 Å². The zero-order valence-electron chi connectivity index (χ0n) is 14.9. The zero-order valence-corrected chi connectivity index (χ0v) is 14.9. The molecule has 2 heterocycles. The van der Waals surface area contributed by atoms with E-state index in [1.807, 2.05) is 11.8 Å². The van der Waals surface area contributed by atoms with E-state index in [-0.39, 0.29) is 12.5 Å². The summed E-state index contributed by atoms with van der Waals surface area (Å²) >= 11 is 0. The molecule has 0 saturated carbocycles. The highest BCUT2D eigenvalue weighted by atomic mass is 16.5. The fraction of sp³-hybridized carbons (Fsp3) is 0.882. The summed E-state index contributed by atoms with van der Waals surface area (Å²) in [6, 6.07) is 0. The lowest BCUT2D eigenvalue weighted by molar-refractivity contribution is -0.128. The molecular weight excluding hydrogens is 308 g/mol. The van der Waals surface area contributed by atoms with Crippen LogP contribution < -0.4 is 10.6 Å². The number of aliphatic imine (C=N–C) groups is 1. The molecule has 0 aliphatic carbocycles. The standard InChI is InChI=1S/C17H32N4O3/c1-2-18-17(20-12-16(22)21-8-3-4-9-21)19-7-5-10-23-13-15-6-11-24-14-15/h15H,2-14H2,1H3,(H2,18,19,20). The van der Waals surface area contributed by atoms with Gasteiger partial charge in [-0.05, 0) is 32.6 Å². The third kappa shape index (κ3) is 7.05. The van der Waals surface area contributed by atoms with E-state index < -0.39 is 0 Å². The second kappa shape index (κ2) is 11.3. The van der Waals surface area contributed by atoms with E-state index in [2.05, 4.69) is 15.6 Å². The fourth-order valence-electron chi connectivity index (χ4n) is 2.90. The van der Waals surface area contributed by atoms with E-state index in [0.717, 1.165) is 78.3 Å². The normalized spacial score (nSPS) is 21.3. The summed E-state index contributed by atoms with van der Waals surface area (Å²) in [5.74, 6) is 1.38. The van der Waals surface area contributed by atoms with Gasteiger partial charge in [0.05, 0.1) is 13.2 Å². The Balaban J connectivity index is 1.57. The summed E-state index contributed by atoms with van der Waals surface area (Å²) in [6.07, 6.45) is 4.25. The second-order valence-electron chi connectivity index (χ2n) is 6.37. The Labute approximate surface area is 145 Å². The molecule has 2 rings (SSSR count). The first-order chi connectivity index (χ1) is 11.8. The van der Waals surface area contributed by atoms with E-state index in [1.165, 1.54) is 0 Å². The maximum atomic E-state index is 12.0. The Bertz CT molecular complexity index is 391. The van der Waals surface area contributed by atoms with Gasteiger partial charge in [0, 0.05) is 45.3 Å². The Hall–Kier alpha value is -1.34. The molecule has 0 spiro atoms. The Morgan fingerprint density at radius 3 is 2.88 bits per heavy atom. The molecule has 0 aromatic carbocycles. The van der Waals surface area contributed by atoms with Crippen LogP contribution in [0.2, 0.25) is 0 Å². The average Bonchev–Trinajstić information content (AvgIpc) is 3.28. The molecule has 7 nitrogen and oxygen atoms in total. The van der Waals surface area contributed by atoms with Gasteiger partial charge in [-0.2, -0.15) is 0 Å². The van der Waals surface area contributed by atoms with Crippen molar-refractivity contribution in [1.29, 1.82) is 0 Å². The van der Waals surface area contributed by atoms with Gasteiger partial charge >= 0.3 is 0 Å². The summed E-state index contributed by atoms with van der Waals surface area (Å²) in [6.45, 7) is 8.78. The summed E-state index contributed by atoms with van der Waals surface area (Å²) in [4.78, 5) is 18.3. The number of nitrogens with one attached hydrogen (secondary N) is 2. The van der Waals surface area contributed by atoms with E-state index in [9.17, 15) is 4.79 Å². The number of hydrogen-bond acceptors (Lipinski definition) is 4. The highest BCUT2D eigenvalue weighted by Crippen LogP contribution is 2.12. The molecule has 2 aliphatic rings. The zero-order chi connectivity index (χ0) is 17.0. The first-order valence-corrected chi connectivity index (χ1v) is 9.25. The first kappa shape index (κ1) is 19.0. The van der Waals surface area contributed by atoms with E-state index in [1.54, 1.807) is 0 Å².